The fourth-order valence-corrected chi connectivity index (χ4v) is 1.77. The van der Waals surface area contributed by atoms with Crippen LogP contribution in [0.25, 0.3) is 0 Å². The Kier molecular flexibility index (Phi) is 5.47. The van der Waals surface area contributed by atoms with E-state index in [1.54, 1.807) is 13.8 Å². The summed E-state index contributed by atoms with van der Waals surface area (Å²) in [6.45, 7) is 3.74. The summed E-state index contributed by atoms with van der Waals surface area (Å²) >= 11 is 0.938. The highest BCUT2D eigenvalue weighted by Crippen LogP contribution is 2.22. The summed E-state index contributed by atoms with van der Waals surface area (Å²) in [5.74, 6) is -1.28. The summed E-state index contributed by atoms with van der Waals surface area (Å²) in [6.07, 6.45) is 1.41. The van der Waals surface area contributed by atoms with Crippen LogP contribution in [0.15, 0.2) is 11.2 Å². The van der Waals surface area contributed by atoms with Gasteiger partial charge in [-0.25, -0.2) is 0 Å². The van der Waals surface area contributed by atoms with E-state index in [0.29, 0.717) is 5.03 Å². The number of hydrogen-bond donors (Lipinski definition) is 1. The number of ether oxygens (including phenoxy) is 2. The molecule has 0 saturated carbocycles. The number of aromatic amines is 1. The highest BCUT2D eigenvalue weighted by Gasteiger charge is 2.31. The molecule has 7 nitrogen and oxygen atoms in total. The van der Waals surface area contributed by atoms with Crippen LogP contribution in [-0.4, -0.2) is 45.8 Å². The Bertz CT molecular complexity index is 350. The predicted molar refractivity (Wildman–Crippen MR) is 59.3 cm³/mol. The Morgan fingerprint density at radius 2 is 1.94 bits per heavy atom. The van der Waals surface area contributed by atoms with Crippen molar-refractivity contribution in [2.24, 2.45) is 0 Å². The van der Waals surface area contributed by atoms with Crippen LogP contribution in [0.3, 0.4) is 0 Å². The molecule has 0 aromatic carbocycles. The van der Waals surface area contributed by atoms with Gasteiger partial charge < -0.3 is 9.47 Å². The van der Waals surface area contributed by atoms with Crippen molar-refractivity contribution in [1.82, 2.24) is 15.4 Å². The molecule has 0 bridgehead atoms. The molecule has 0 aliphatic carbocycles. The molecule has 1 N–H and O–H groups in total. The summed E-state index contributed by atoms with van der Waals surface area (Å²) in [5, 5.41) is 9.09. The summed E-state index contributed by atoms with van der Waals surface area (Å²) in [6, 6.07) is 0. The van der Waals surface area contributed by atoms with Crippen molar-refractivity contribution in [3.8, 4) is 0 Å². The van der Waals surface area contributed by atoms with E-state index in [1.807, 2.05) is 0 Å². The number of hydrogen-bond acceptors (Lipinski definition) is 7. The second-order valence-corrected chi connectivity index (χ2v) is 3.94. The Morgan fingerprint density at radius 1 is 1.35 bits per heavy atom. The molecule has 1 heterocycles. The van der Waals surface area contributed by atoms with E-state index < -0.39 is 17.2 Å². The van der Waals surface area contributed by atoms with Crippen molar-refractivity contribution in [3.63, 3.8) is 0 Å². The maximum Gasteiger partial charge on any atom is 0.331 e. The second kappa shape index (κ2) is 6.89. The smallest absolute Gasteiger partial charge is 0.331 e. The van der Waals surface area contributed by atoms with E-state index in [4.69, 9.17) is 9.47 Å². The average molecular weight is 259 g/mol. The van der Waals surface area contributed by atoms with Crippen LogP contribution in [-0.2, 0) is 19.1 Å². The highest BCUT2D eigenvalue weighted by molar-refractivity contribution is 8.01. The van der Waals surface area contributed by atoms with Gasteiger partial charge in [-0.1, -0.05) is 11.8 Å². The van der Waals surface area contributed by atoms with E-state index in [-0.39, 0.29) is 13.2 Å². The van der Waals surface area contributed by atoms with Crippen LogP contribution in [0.5, 0.6) is 0 Å². The molecule has 0 atom stereocenters. The fraction of sp³-hybridized carbons (Fsp3) is 0.556. The van der Waals surface area contributed by atoms with Crippen molar-refractivity contribution in [1.29, 1.82) is 0 Å². The monoisotopic (exact) mass is 259 g/mol. The normalized spacial score (nSPS) is 10.3. The van der Waals surface area contributed by atoms with Gasteiger partial charge in [-0.2, -0.15) is 10.3 Å². The molecule has 8 heteroatoms. The molecule has 17 heavy (non-hydrogen) atoms. The van der Waals surface area contributed by atoms with Gasteiger partial charge in [-0.15, -0.1) is 5.10 Å². The van der Waals surface area contributed by atoms with Crippen molar-refractivity contribution in [2.75, 3.05) is 13.2 Å². The zero-order chi connectivity index (χ0) is 12.7. The van der Waals surface area contributed by atoms with Gasteiger partial charge in [0.25, 0.3) is 0 Å². The zero-order valence-electron chi connectivity index (χ0n) is 9.50. The molecule has 1 aromatic heterocycles. The number of esters is 2. The third-order valence-electron chi connectivity index (χ3n) is 1.63. The van der Waals surface area contributed by atoms with Gasteiger partial charge in [0.15, 0.2) is 0 Å². The third kappa shape index (κ3) is 4.06. The second-order valence-electron chi connectivity index (χ2n) is 2.81. The lowest BCUT2D eigenvalue weighted by atomic mass is 10.4. The third-order valence-corrected chi connectivity index (χ3v) is 2.69. The predicted octanol–water partition coefficient (Wildman–Crippen LogP) is 0.392. The van der Waals surface area contributed by atoms with Crippen LogP contribution >= 0.6 is 11.8 Å². The summed E-state index contributed by atoms with van der Waals surface area (Å²) in [7, 11) is 0. The van der Waals surface area contributed by atoms with Gasteiger partial charge in [0.05, 0.1) is 19.4 Å². The number of thioether (sulfide) groups is 1. The van der Waals surface area contributed by atoms with Crippen molar-refractivity contribution in [2.45, 2.75) is 24.1 Å². The Labute approximate surface area is 102 Å². The number of rotatable bonds is 6. The Hall–Kier alpha value is -1.57. The van der Waals surface area contributed by atoms with Gasteiger partial charge >= 0.3 is 11.9 Å². The van der Waals surface area contributed by atoms with E-state index in [0.717, 1.165) is 11.8 Å². The first-order valence-electron chi connectivity index (χ1n) is 5.04. The Morgan fingerprint density at radius 3 is 2.35 bits per heavy atom. The van der Waals surface area contributed by atoms with Crippen LogP contribution in [0.2, 0.25) is 0 Å². The summed E-state index contributed by atoms with van der Waals surface area (Å²) in [5.41, 5.74) is 0. The van der Waals surface area contributed by atoms with Gasteiger partial charge in [-0.05, 0) is 13.8 Å². The minimum absolute atomic E-state index is 0.202. The van der Waals surface area contributed by atoms with Gasteiger partial charge in [0.1, 0.15) is 5.03 Å². The number of H-pyrrole nitrogens is 1. The average Bonchev–Trinajstić information content (AvgIpc) is 2.79. The van der Waals surface area contributed by atoms with Gasteiger partial charge in [0, 0.05) is 0 Å². The number of carbonyl (C=O) groups is 2. The number of nitrogens with one attached hydrogen (secondary N) is 1. The van der Waals surface area contributed by atoms with Crippen molar-refractivity contribution < 1.29 is 19.1 Å². The lowest BCUT2D eigenvalue weighted by Crippen LogP contribution is -2.30. The maximum atomic E-state index is 11.6. The van der Waals surface area contributed by atoms with Crippen molar-refractivity contribution in [3.05, 3.63) is 6.20 Å². The van der Waals surface area contributed by atoms with Gasteiger partial charge in [0.2, 0.25) is 5.25 Å². The number of aromatic nitrogens is 3. The Balaban J connectivity index is 2.71. The SMILES string of the molecule is CCOC(=O)C(Sc1cn[nH]n1)C(=O)OCC. The molecule has 0 aliphatic heterocycles. The first kappa shape index (κ1) is 13.5. The van der Waals surface area contributed by atoms with Gasteiger partial charge in [-0.3, -0.25) is 9.59 Å². The molecule has 1 rings (SSSR count). The lowest BCUT2D eigenvalue weighted by Gasteiger charge is -2.12. The number of carbonyl (C=O) groups excluding carboxylic acids is 2. The van der Waals surface area contributed by atoms with Crippen LogP contribution < -0.4 is 0 Å². The largest absolute Gasteiger partial charge is 0.465 e. The van der Waals surface area contributed by atoms with Crippen LogP contribution in [0, 0.1) is 0 Å². The molecule has 0 amide bonds. The molecule has 0 aliphatic rings. The molecule has 0 saturated heterocycles. The number of nitrogens with zero attached hydrogens (tertiary/aromatic N) is 2. The standard InChI is InChI=1S/C9H13N3O4S/c1-3-15-8(13)7(9(14)16-4-2)17-6-5-10-12-11-6/h5,7H,3-4H2,1-2H3,(H,10,11,12). The first-order chi connectivity index (χ1) is 8.19. The molecule has 0 unspecified atom stereocenters. The zero-order valence-corrected chi connectivity index (χ0v) is 10.3. The topological polar surface area (TPSA) is 94.2 Å². The minimum atomic E-state index is -1.07. The highest BCUT2D eigenvalue weighted by atomic mass is 32.2. The van der Waals surface area contributed by atoms with Crippen molar-refractivity contribution >= 4 is 23.7 Å². The van der Waals surface area contributed by atoms with E-state index in [2.05, 4.69) is 15.4 Å². The molecule has 94 valence electrons. The molecular formula is C9H13N3O4S. The molecule has 0 radical (unpaired) electrons. The summed E-state index contributed by atoms with van der Waals surface area (Å²) in [4.78, 5) is 23.2. The lowest BCUT2D eigenvalue weighted by molar-refractivity contribution is -0.152. The van der Waals surface area contributed by atoms with E-state index in [1.165, 1.54) is 6.20 Å². The van der Waals surface area contributed by atoms with Crippen LogP contribution in [0.1, 0.15) is 13.8 Å². The van der Waals surface area contributed by atoms with E-state index in [9.17, 15) is 9.59 Å². The first-order valence-corrected chi connectivity index (χ1v) is 5.92. The minimum Gasteiger partial charge on any atom is -0.465 e. The summed E-state index contributed by atoms with van der Waals surface area (Å²) < 4.78 is 9.60. The molecule has 0 spiro atoms. The molecule has 1 aromatic rings. The van der Waals surface area contributed by atoms with Crippen LogP contribution in [0.4, 0.5) is 0 Å². The maximum absolute atomic E-state index is 11.6. The molecular weight excluding hydrogens is 246 g/mol. The fourth-order valence-electron chi connectivity index (χ4n) is 0.997. The molecule has 0 fully saturated rings. The quantitative estimate of drug-likeness (QED) is 0.448. The van der Waals surface area contributed by atoms with E-state index >= 15 is 0 Å².